The maximum atomic E-state index is 15.9. The molecule has 5 atom stereocenters. The molecule has 1 spiro atoms. The Balaban J connectivity index is 1.55. The van der Waals surface area contributed by atoms with Crippen LogP contribution in [0.1, 0.15) is 31.7 Å². The van der Waals surface area contributed by atoms with Crippen molar-refractivity contribution >= 4 is 31.6 Å². The van der Waals surface area contributed by atoms with Crippen molar-refractivity contribution in [3.05, 3.63) is 60.2 Å². The summed E-state index contributed by atoms with van der Waals surface area (Å²) in [6.45, 7) is 5.69. The Kier molecular flexibility index (Phi) is 6.10. The van der Waals surface area contributed by atoms with Gasteiger partial charge in [0.15, 0.2) is 5.60 Å². The van der Waals surface area contributed by atoms with Crippen LogP contribution in [0.25, 0.3) is 0 Å². The number of carbonyl (C=O) groups is 2. The summed E-state index contributed by atoms with van der Waals surface area (Å²) in [5, 5.41) is 9.69. The van der Waals surface area contributed by atoms with Crippen LogP contribution < -0.4 is 4.90 Å². The Morgan fingerprint density at radius 2 is 1.86 bits per heavy atom. The van der Waals surface area contributed by atoms with E-state index in [-0.39, 0.29) is 30.9 Å². The molecule has 2 aromatic carbocycles. The zero-order valence-electron chi connectivity index (χ0n) is 20.5. The lowest BCUT2D eigenvalue weighted by atomic mass is 9.82. The molecular weight excluding hydrogens is 463 g/mol. The van der Waals surface area contributed by atoms with Crippen molar-refractivity contribution in [1.29, 1.82) is 0 Å². The monoisotopic (exact) mass is 496 g/mol. The summed E-state index contributed by atoms with van der Waals surface area (Å²) in [4.78, 5) is 30.9. The molecule has 0 radical (unpaired) electrons. The van der Waals surface area contributed by atoms with Crippen LogP contribution in [0.15, 0.2) is 54.6 Å². The summed E-state index contributed by atoms with van der Waals surface area (Å²) in [5.41, 5.74) is 0.316. The molecule has 8 heteroatoms. The van der Waals surface area contributed by atoms with E-state index in [2.05, 4.69) is 0 Å². The second kappa shape index (κ2) is 8.83. The van der Waals surface area contributed by atoms with Crippen molar-refractivity contribution in [1.82, 2.24) is 4.90 Å². The fourth-order valence-electron chi connectivity index (χ4n) is 6.60. The lowest BCUT2D eigenvalue weighted by molar-refractivity contribution is -0.149. The van der Waals surface area contributed by atoms with Gasteiger partial charge in [-0.1, -0.05) is 43.3 Å². The maximum absolute atomic E-state index is 15.9. The van der Waals surface area contributed by atoms with Gasteiger partial charge in [-0.05, 0) is 44.1 Å². The van der Waals surface area contributed by atoms with Crippen molar-refractivity contribution in [2.45, 2.75) is 62.6 Å². The molecule has 0 bridgehead atoms. The molecule has 0 unspecified atom stereocenters. The maximum Gasteiger partial charge on any atom is 0.268 e. The van der Waals surface area contributed by atoms with Crippen LogP contribution in [0, 0.1) is 5.92 Å². The number of para-hydroxylation sites is 2. The lowest BCUT2D eigenvalue weighted by Gasteiger charge is -2.31. The number of aliphatic hydroxyl groups is 1. The largest absolute Gasteiger partial charge is 0.394 e. The predicted molar refractivity (Wildman–Crippen MR) is 135 cm³/mol. The topological polar surface area (TPSA) is 70.1 Å². The number of anilines is 2. The Hall–Kier alpha value is -2.55. The molecule has 0 saturated carbocycles. The standard InChI is InChI=1S/C27H33FN2O4Si/c1-18-25(35(2,3)28)23(16-24(32)29-15-9-12-20(29)17-31)34-27(18)21-13-7-8-14-22(21)30(26(27)33)19-10-5-4-6-11-19/h4-8,10-11,13-14,18,20,23,25,31H,9,12,15-17H2,1-3H3/t18-,20-,23+,25-,27+/m0/s1. The average molecular weight is 497 g/mol. The highest BCUT2D eigenvalue weighted by molar-refractivity contribution is 6.72. The Morgan fingerprint density at radius 3 is 2.54 bits per heavy atom. The molecule has 0 aliphatic carbocycles. The van der Waals surface area contributed by atoms with E-state index in [4.69, 9.17) is 4.74 Å². The van der Waals surface area contributed by atoms with Crippen molar-refractivity contribution in [3.8, 4) is 0 Å². The molecule has 6 nitrogen and oxygen atoms in total. The molecule has 3 aliphatic rings. The molecule has 3 heterocycles. The van der Waals surface area contributed by atoms with Gasteiger partial charge in [-0.3, -0.25) is 14.5 Å². The Morgan fingerprint density at radius 1 is 1.17 bits per heavy atom. The zero-order chi connectivity index (χ0) is 25.0. The molecule has 5 rings (SSSR count). The van der Waals surface area contributed by atoms with Crippen LogP contribution in [0.5, 0.6) is 0 Å². The van der Waals surface area contributed by atoms with Crippen LogP contribution in [-0.4, -0.2) is 55.5 Å². The summed E-state index contributed by atoms with van der Waals surface area (Å²) in [5.74, 6) is -0.816. The molecule has 35 heavy (non-hydrogen) atoms. The minimum absolute atomic E-state index is 0.00832. The van der Waals surface area contributed by atoms with Gasteiger partial charge in [-0.2, -0.15) is 0 Å². The van der Waals surface area contributed by atoms with Crippen LogP contribution >= 0.6 is 0 Å². The highest BCUT2D eigenvalue weighted by Crippen LogP contribution is 2.61. The number of aliphatic hydroxyl groups excluding tert-OH is 1. The number of fused-ring (bicyclic) bond motifs is 2. The van der Waals surface area contributed by atoms with Gasteiger partial charge in [0.05, 0.1) is 30.9 Å². The Labute approximate surface area is 206 Å². The second-order valence-corrected chi connectivity index (χ2v) is 14.3. The van der Waals surface area contributed by atoms with E-state index in [0.717, 1.165) is 29.8 Å². The van der Waals surface area contributed by atoms with Crippen LogP contribution in [0.2, 0.25) is 18.6 Å². The van der Waals surface area contributed by atoms with Crippen LogP contribution in [0.3, 0.4) is 0 Å². The smallest absolute Gasteiger partial charge is 0.268 e. The number of carbonyl (C=O) groups excluding carboxylic acids is 2. The van der Waals surface area contributed by atoms with E-state index in [1.54, 1.807) is 22.9 Å². The number of hydrogen-bond acceptors (Lipinski definition) is 4. The number of ether oxygens (including phenoxy) is 1. The van der Waals surface area contributed by atoms with Crippen molar-refractivity contribution < 1.29 is 23.5 Å². The number of amides is 2. The van der Waals surface area contributed by atoms with Gasteiger partial charge >= 0.3 is 0 Å². The zero-order valence-corrected chi connectivity index (χ0v) is 21.5. The third-order valence-corrected chi connectivity index (χ3v) is 10.5. The number of benzene rings is 2. The summed E-state index contributed by atoms with van der Waals surface area (Å²) >= 11 is 0. The minimum atomic E-state index is -3.34. The summed E-state index contributed by atoms with van der Waals surface area (Å²) < 4.78 is 22.5. The first-order valence-electron chi connectivity index (χ1n) is 12.5. The van der Waals surface area contributed by atoms with E-state index >= 15 is 4.11 Å². The molecule has 0 aromatic heterocycles. The van der Waals surface area contributed by atoms with Gasteiger partial charge < -0.3 is 18.9 Å². The van der Waals surface area contributed by atoms with Crippen molar-refractivity contribution in [3.63, 3.8) is 0 Å². The summed E-state index contributed by atoms with van der Waals surface area (Å²) in [7, 11) is -3.34. The highest BCUT2D eigenvalue weighted by Gasteiger charge is 2.67. The molecular formula is C27H33FN2O4Si. The predicted octanol–water partition coefficient (Wildman–Crippen LogP) is 4.51. The number of rotatable bonds is 5. The molecule has 1 N–H and O–H groups in total. The highest BCUT2D eigenvalue weighted by atomic mass is 28.4. The summed E-state index contributed by atoms with van der Waals surface area (Å²) in [6, 6.07) is 16.8. The van der Waals surface area contributed by atoms with Gasteiger partial charge in [-0.25, -0.2) is 0 Å². The third-order valence-electron chi connectivity index (χ3n) is 8.07. The van der Waals surface area contributed by atoms with E-state index in [9.17, 15) is 14.7 Å². The van der Waals surface area contributed by atoms with E-state index in [1.807, 2.05) is 61.5 Å². The minimum Gasteiger partial charge on any atom is -0.394 e. The number of hydrogen-bond donors (Lipinski definition) is 1. The second-order valence-electron chi connectivity index (χ2n) is 10.5. The fraction of sp³-hybridized carbons (Fsp3) is 0.481. The van der Waals surface area contributed by atoms with Gasteiger partial charge in [0, 0.05) is 29.3 Å². The molecule has 2 saturated heterocycles. The molecule has 2 fully saturated rings. The first-order valence-corrected chi connectivity index (χ1v) is 15.4. The van der Waals surface area contributed by atoms with Gasteiger partial charge in [-0.15, -0.1) is 0 Å². The van der Waals surface area contributed by atoms with Gasteiger partial charge in [0.2, 0.25) is 14.3 Å². The molecule has 2 aromatic rings. The number of nitrogens with zero attached hydrogens (tertiary/aromatic N) is 2. The van der Waals surface area contributed by atoms with Crippen molar-refractivity contribution in [2.24, 2.45) is 5.92 Å². The SMILES string of the molecule is C[C@H]1[C@H]([Si](C)(C)F)[C@@H](CC(=O)N2CCC[C@H]2CO)O[C@]12C(=O)N(c1ccccc1)c1ccccc12. The molecule has 3 aliphatic heterocycles. The van der Waals surface area contributed by atoms with Gasteiger partial charge in [0.1, 0.15) is 0 Å². The van der Waals surface area contributed by atoms with Crippen LogP contribution in [-0.2, 0) is 19.9 Å². The first kappa shape index (κ1) is 24.2. The van der Waals surface area contributed by atoms with Crippen LogP contribution in [0.4, 0.5) is 15.5 Å². The first-order chi connectivity index (χ1) is 16.7. The summed E-state index contributed by atoms with van der Waals surface area (Å²) in [6.07, 6.45) is 0.901. The van der Waals surface area contributed by atoms with E-state index < -0.39 is 31.6 Å². The third kappa shape index (κ3) is 3.73. The average Bonchev–Trinajstić information content (AvgIpc) is 3.49. The van der Waals surface area contributed by atoms with Gasteiger partial charge in [0.25, 0.3) is 5.91 Å². The van der Waals surface area contributed by atoms with Crippen molar-refractivity contribution in [2.75, 3.05) is 18.1 Å². The quantitative estimate of drug-likeness (QED) is 0.488. The lowest BCUT2D eigenvalue weighted by Crippen LogP contribution is -2.44. The Bertz CT molecular complexity index is 1120. The fourth-order valence-corrected chi connectivity index (χ4v) is 9.10. The molecule has 186 valence electrons. The number of halogens is 1. The number of likely N-dealkylation sites (tertiary alicyclic amines) is 1. The molecule has 2 amide bonds. The van der Waals surface area contributed by atoms with E-state index in [1.165, 1.54) is 0 Å². The normalized spacial score (nSPS) is 30.4. The van der Waals surface area contributed by atoms with E-state index in [0.29, 0.717) is 6.54 Å².